The van der Waals surface area contributed by atoms with Crippen molar-refractivity contribution in [3.8, 4) is 0 Å². The number of thioether (sulfide) groups is 1. The summed E-state index contributed by atoms with van der Waals surface area (Å²) in [6, 6.07) is 0. The SMILES string of the molecule is C=C(CCCCCSCC(C)CC)NCCCOCCOCCOCCCNC(=O)CCC(=O)O. The van der Waals surface area contributed by atoms with Gasteiger partial charge in [-0.15, -0.1) is 0 Å². The van der Waals surface area contributed by atoms with Gasteiger partial charge in [-0.1, -0.05) is 33.3 Å². The van der Waals surface area contributed by atoms with Gasteiger partial charge < -0.3 is 30.0 Å². The molecule has 1 atom stereocenters. The van der Waals surface area contributed by atoms with E-state index < -0.39 is 5.97 Å². The monoisotopic (exact) mass is 518 g/mol. The average Bonchev–Trinajstić information content (AvgIpc) is 2.84. The van der Waals surface area contributed by atoms with Crippen LogP contribution in [0.1, 0.15) is 71.6 Å². The van der Waals surface area contributed by atoms with Crippen LogP contribution >= 0.6 is 11.8 Å². The number of carboxylic acids is 1. The van der Waals surface area contributed by atoms with Crippen molar-refractivity contribution < 1.29 is 28.9 Å². The molecular formula is C26H50N2O6S. The molecule has 0 fully saturated rings. The van der Waals surface area contributed by atoms with Crippen molar-refractivity contribution in [1.82, 2.24) is 10.6 Å². The Morgan fingerprint density at radius 3 is 2.03 bits per heavy atom. The normalized spacial score (nSPS) is 11.8. The molecule has 206 valence electrons. The fourth-order valence-electron chi connectivity index (χ4n) is 2.90. The van der Waals surface area contributed by atoms with E-state index in [4.69, 9.17) is 19.3 Å². The number of ether oxygens (including phenoxy) is 3. The molecule has 0 saturated heterocycles. The van der Waals surface area contributed by atoms with Crippen molar-refractivity contribution in [2.75, 3.05) is 64.2 Å². The molecule has 0 aliphatic heterocycles. The highest BCUT2D eigenvalue weighted by Gasteiger charge is 2.04. The highest BCUT2D eigenvalue weighted by Crippen LogP contribution is 2.14. The van der Waals surface area contributed by atoms with Crippen LogP contribution in [0.5, 0.6) is 0 Å². The standard InChI is InChI=1S/C26H50N2O6S/c1-4-23(2)22-35-21-7-5-6-10-24(3)27-13-8-15-32-17-19-34-20-18-33-16-9-14-28-25(29)11-12-26(30)31/h23,27H,3-22H2,1-2H3,(H,28,29)(H,30,31). The molecule has 0 radical (unpaired) electrons. The second-order valence-electron chi connectivity index (χ2n) is 8.72. The van der Waals surface area contributed by atoms with Gasteiger partial charge in [-0.2, -0.15) is 11.8 Å². The minimum Gasteiger partial charge on any atom is -0.481 e. The van der Waals surface area contributed by atoms with E-state index in [1.807, 2.05) is 0 Å². The summed E-state index contributed by atoms with van der Waals surface area (Å²) in [5.41, 5.74) is 1.13. The van der Waals surface area contributed by atoms with Crippen LogP contribution in [0.4, 0.5) is 0 Å². The third-order valence-corrected chi connectivity index (χ3v) is 6.69. The number of allylic oxidation sites excluding steroid dienone is 1. The van der Waals surface area contributed by atoms with Crippen molar-refractivity contribution in [1.29, 1.82) is 0 Å². The van der Waals surface area contributed by atoms with Crippen LogP contribution in [0.2, 0.25) is 0 Å². The first-order chi connectivity index (χ1) is 17.0. The summed E-state index contributed by atoms with van der Waals surface area (Å²) in [5, 5.41) is 14.6. The van der Waals surface area contributed by atoms with E-state index in [0.717, 1.165) is 31.0 Å². The van der Waals surface area contributed by atoms with Gasteiger partial charge in [0.25, 0.3) is 0 Å². The van der Waals surface area contributed by atoms with Crippen molar-refractivity contribution in [2.24, 2.45) is 5.92 Å². The number of hydrogen-bond acceptors (Lipinski definition) is 7. The predicted molar refractivity (Wildman–Crippen MR) is 144 cm³/mol. The molecular weight excluding hydrogens is 468 g/mol. The molecule has 1 unspecified atom stereocenters. The predicted octanol–water partition coefficient (Wildman–Crippen LogP) is 4.24. The number of carbonyl (C=O) groups excluding carboxylic acids is 1. The molecule has 0 aliphatic carbocycles. The summed E-state index contributed by atoms with van der Waals surface area (Å²) in [6.45, 7) is 13.4. The fraction of sp³-hybridized carbons (Fsp3) is 0.846. The smallest absolute Gasteiger partial charge is 0.303 e. The Labute approximate surface area is 217 Å². The lowest BCUT2D eigenvalue weighted by Gasteiger charge is -2.10. The number of aliphatic carboxylic acids is 1. The van der Waals surface area contributed by atoms with Gasteiger partial charge in [-0.25, -0.2) is 0 Å². The zero-order valence-electron chi connectivity index (χ0n) is 22.1. The topological polar surface area (TPSA) is 106 Å². The van der Waals surface area contributed by atoms with E-state index in [9.17, 15) is 9.59 Å². The Morgan fingerprint density at radius 1 is 0.829 bits per heavy atom. The summed E-state index contributed by atoms with van der Waals surface area (Å²) in [4.78, 5) is 21.7. The van der Waals surface area contributed by atoms with Crippen molar-refractivity contribution in [3.63, 3.8) is 0 Å². The van der Waals surface area contributed by atoms with E-state index in [1.54, 1.807) is 0 Å². The maximum atomic E-state index is 11.3. The molecule has 3 N–H and O–H groups in total. The van der Waals surface area contributed by atoms with Gasteiger partial charge in [0, 0.05) is 38.4 Å². The highest BCUT2D eigenvalue weighted by molar-refractivity contribution is 7.99. The Balaban J connectivity index is 3.23. The van der Waals surface area contributed by atoms with E-state index in [1.165, 1.54) is 37.2 Å². The summed E-state index contributed by atoms with van der Waals surface area (Å²) < 4.78 is 16.5. The number of carboxylic acid groups (broad SMARTS) is 1. The minimum absolute atomic E-state index is 0.0102. The number of nitrogens with one attached hydrogen (secondary N) is 2. The largest absolute Gasteiger partial charge is 0.481 e. The number of amides is 1. The maximum Gasteiger partial charge on any atom is 0.303 e. The number of rotatable bonds is 27. The first-order valence-electron chi connectivity index (χ1n) is 13.2. The lowest BCUT2D eigenvalue weighted by atomic mass is 10.2. The summed E-state index contributed by atoms with van der Waals surface area (Å²) in [7, 11) is 0. The molecule has 0 saturated carbocycles. The highest BCUT2D eigenvalue weighted by atomic mass is 32.2. The van der Waals surface area contributed by atoms with Crippen molar-refractivity contribution >= 4 is 23.6 Å². The molecule has 8 nitrogen and oxygen atoms in total. The number of unbranched alkanes of at least 4 members (excludes halogenated alkanes) is 2. The molecule has 1 amide bonds. The molecule has 0 spiro atoms. The molecule has 0 heterocycles. The van der Waals surface area contributed by atoms with Gasteiger partial charge >= 0.3 is 5.97 Å². The summed E-state index contributed by atoms with van der Waals surface area (Å²) in [5.74, 6) is 2.19. The zero-order chi connectivity index (χ0) is 26.0. The second kappa shape index (κ2) is 25.8. The lowest BCUT2D eigenvalue weighted by Crippen LogP contribution is -2.25. The van der Waals surface area contributed by atoms with E-state index in [-0.39, 0.29) is 18.7 Å². The molecule has 35 heavy (non-hydrogen) atoms. The molecule has 0 aromatic heterocycles. The van der Waals surface area contributed by atoms with Crippen LogP contribution in [0, 0.1) is 5.92 Å². The van der Waals surface area contributed by atoms with Gasteiger partial charge in [0.1, 0.15) is 0 Å². The molecule has 0 aliphatic rings. The average molecular weight is 519 g/mol. The Hall–Kier alpha value is -1.29. The molecule has 0 rings (SSSR count). The van der Waals surface area contributed by atoms with Gasteiger partial charge in [0.15, 0.2) is 0 Å². The first-order valence-corrected chi connectivity index (χ1v) is 14.3. The molecule has 9 heteroatoms. The second-order valence-corrected chi connectivity index (χ2v) is 9.87. The first kappa shape index (κ1) is 33.7. The number of hydrogen-bond donors (Lipinski definition) is 3. The Morgan fingerprint density at radius 2 is 1.43 bits per heavy atom. The van der Waals surface area contributed by atoms with Crippen molar-refractivity contribution in [2.45, 2.75) is 71.6 Å². The van der Waals surface area contributed by atoms with Crippen LogP contribution in [0.25, 0.3) is 0 Å². The lowest BCUT2D eigenvalue weighted by molar-refractivity contribution is -0.138. The third-order valence-electron chi connectivity index (χ3n) is 5.30. The maximum absolute atomic E-state index is 11.3. The van der Waals surface area contributed by atoms with Crippen LogP contribution in [-0.2, 0) is 23.8 Å². The quantitative estimate of drug-likeness (QED) is 0.139. The van der Waals surface area contributed by atoms with Crippen molar-refractivity contribution in [3.05, 3.63) is 12.3 Å². The van der Waals surface area contributed by atoms with E-state index in [2.05, 4.69) is 42.8 Å². The third kappa shape index (κ3) is 27.1. The summed E-state index contributed by atoms with van der Waals surface area (Å²) in [6.07, 6.45) is 7.60. The summed E-state index contributed by atoms with van der Waals surface area (Å²) >= 11 is 2.09. The Kier molecular flexibility index (Phi) is 24.8. The van der Waals surface area contributed by atoms with E-state index >= 15 is 0 Å². The number of carbonyl (C=O) groups is 2. The fourth-order valence-corrected chi connectivity index (χ4v) is 4.12. The van der Waals surface area contributed by atoms with Crippen LogP contribution in [-0.4, -0.2) is 81.2 Å². The van der Waals surface area contributed by atoms with Gasteiger partial charge in [0.05, 0.1) is 32.8 Å². The van der Waals surface area contributed by atoms with Crippen LogP contribution in [0.3, 0.4) is 0 Å². The molecule has 0 aromatic rings. The van der Waals surface area contributed by atoms with Gasteiger partial charge in [0.2, 0.25) is 5.91 Å². The molecule has 0 bridgehead atoms. The minimum atomic E-state index is -0.967. The van der Waals surface area contributed by atoms with Gasteiger partial charge in [-0.3, -0.25) is 9.59 Å². The van der Waals surface area contributed by atoms with Crippen LogP contribution < -0.4 is 10.6 Å². The van der Waals surface area contributed by atoms with Gasteiger partial charge in [-0.05, 0) is 49.5 Å². The zero-order valence-corrected chi connectivity index (χ0v) is 22.9. The Bertz CT molecular complexity index is 536. The molecule has 0 aromatic carbocycles. The van der Waals surface area contributed by atoms with Crippen LogP contribution in [0.15, 0.2) is 12.3 Å². The van der Waals surface area contributed by atoms with E-state index in [0.29, 0.717) is 52.6 Å².